The minimum Gasteiger partial charge on any atom is -0.497 e. The molecule has 0 radical (unpaired) electrons. The number of nitrogens with two attached hydrogens (primary N) is 1. The van der Waals surface area contributed by atoms with Gasteiger partial charge in [0.2, 0.25) is 0 Å². The number of methoxy groups -OCH3 is 1. The van der Waals surface area contributed by atoms with Gasteiger partial charge in [0.05, 0.1) is 12.8 Å². The maximum absolute atomic E-state index is 12.4. The summed E-state index contributed by atoms with van der Waals surface area (Å²) in [5.41, 5.74) is 8.01. The van der Waals surface area contributed by atoms with Crippen molar-refractivity contribution in [3.8, 4) is 11.5 Å². The number of benzene rings is 2. The van der Waals surface area contributed by atoms with E-state index in [9.17, 15) is 9.59 Å². The molecule has 0 heterocycles. The number of amides is 2. The minimum absolute atomic E-state index is 0.0811. The second-order valence-corrected chi connectivity index (χ2v) is 6.04. The lowest BCUT2D eigenvalue weighted by molar-refractivity contribution is 0.0961. The monoisotopic (exact) mass is 397 g/mol. The molecule has 0 aliphatic carbocycles. The molecule has 0 saturated carbocycles. The van der Waals surface area contributed by atoms with Gasteiger partial charge < -0.3 is 25.6 Å². The Kier molecular flexibility index (Phi) is 7.36. The Morgan fingerprint density at radius 2 is 1.83 bits per heavy atom. The topological polar surface area (TPSA) is 123 Å². The van der Waals surface area contributed by atoms with Crippen LogP contribution in [0.1, 0.15) is 28.4 Å². The largest absolute Gasteiger partial charge is 0.497 e. The van der Waals surface area contributed by atoms with Crippen LogP contribution in [0.5, 0.6) is 11.5 Å². The zero-order chi connectivity index (χ0) is 21.4. The third-order valence-electron chi connectivity index (χ3n) is 4.06. The van der Waals surface area contributed by atoms with Crippen molar-refractivity contribution >= 4 is 17.8 Å². The molecule has 0 aliphatic rings. The quantitative estimate of drug-likeness (QED) is 0.487. The highest BCUT2D eigenvalue weighted by Crippen LogP contribution is 2.18. The summed E-state index contributed by atoms with van der Waals surface area (Å²) >= 11 is 0. The highest BCUT2D eigenvalue weighted by molar-refractivity contribution is 6.03. The normalized spacial score (nSPS) is 11.7. The van der Waals surface area contributed by atoms with Gasteiger partial charge in [-0.2, -0.15) is 4.99 Å². The molecule has 2 rings (SSSR count). The molecule has 0 saturated heterocycles. The molecular weight excluding hydrogens is 374 g/mol. The second-order valence-electron chi connectivity index (χ2n) is 6.04. The van der Waals surface area contributed by atoms with Crippen LogP contribution in [0.2, 0.25) is 0 Å². The predicted octanol–water partition coefficient (Wildman–Crippen LogP) is 3.10. The van der Waals surface area contributed by atoms with Crippen molar-refractivity contribution in [3.05, 3.63) is 70.9 Å². The van der Waals surface area contributed by atoms with Crippen molar-refractivity contribution in [2.75, 3.05) is 13.7 Å². The number of nitrogens with one attached hydrogen (secondary N) is 1. The molecule has 0 aliphatic heterocycles. The van der Waals surface area contributed by atoms with Crippen LogP contribution in [0.25, 0.3) is 0 Å². The zero-order valence-electron chi connectivity index (χ0n) is 16.4. The average Bonchev–Trinajstić information content (AvgIpc) is 2.70. The summed E-state index contributed by atoms with van der Waals surface area (Å²) in [6, 6.07) is 11.8. The summed E-state index contributed by atoms with van der Waals surface area (Å²) in [4.78, 5) is 26.3. The summed E-state index contributed by atoms with van der Waals surface area (Å²) in [6.07, 6.45) is 0.396. The highest BCUT2D eigenvalue weighted by atomic mass is 16.5. The number of carboxylic acid groups (broad SMARTS) is 1. The van der Waals surface area contributed by atoms with E-state index in [-0.39, 0.29) is 18.3 Å². The lowest BCUT2D eigenvalue weighted by Gasteiger charge is -2.13. The molecule has 4 N–H and O–H groups in total. The average molecular weight is 397 g/mol. The summed E-state index contributed by atoms with van der Waals surface area (Å²) in [7, 11) is 1.56. The number of carbonyl (C=O) groups excluding carboxylic acids is 1. The van der Waals surface area contributed by atoms with E-state index in [1.807, 2.05) is 0 Å². The summed E-state index contributed by atoms with van der Waals surface area (Å²) in [6.45, 7) is 3.72. The first-order valence-corrected chi connectivity index (χ1v) is 8.75. The molecule has 0 bridgehead atoms. The number of allylic oxidation sites excluding steroid dienone is 1. The number of hydrogen-bond acceptors (Lipinski definition) is 4. The lowest BCUT2D eigenvalue weighted by atomic mass is 10.1. The third-order valence-corrected chi connectivity index (χ3v) is 4.06. The van der Waals surface area contributed by atoms with Gasteiger partial charge in [-0.25, -0.2) is 4.79 Å². The fourth-order valence-electron chi connectivity index (χ4n) is 2.49. The number of amidine groups is 1. The Balaban J connectivity index is 2.00. The van der Waals surface area contributed by atoms with Crippen molar-refractivity contribution in [3.63, 3.8) is 0 Å². The number of nitrogens with zero attached hydrogens (tertiary/aromatic N) is 1. The fraction of sp³-hybridized carbons (Fsp3) is 0.190. The molecular formula is C21H23N3O5. The van der Waals surface area contributed by atoms with Crippen LogP contribution in [-0.2, 0) is 0 Å². The molecule has 8 nitrogen and oxygen atoms in total. The number of ether oxygens (including phenoxy) is 2. The van der Waals surface area contributed by atoms with E-state index in [1.165, 1.54) is 0 Å². The van der Waals surface area contributed by atoms with Crippen LogP contribution in [0, 0.1) is 6.92 Å². The standard InChI is InChI=1S/C21H23N3O5/c1-4-15(23-20(25)14-5-7-16(28-3)8-6-14)12-29-17-9-10-18(13(2)11-17)19(22)24-21(26)27/h4-11H,12H2,1-3H3,(H2,22,24)(H,23,25)(H,26,27)/b15-4+. The summed E-state index contributed by atoms with van der Waals surface area (Å²) in [5, 5.41) is 11.5. The van der Waals surface area contributed by atoms with E-state index in [4.69, 9.17) is 20.3 Å². The maximum atomic E-state index is 12.4. The van der Waals surface area contributed by atoms with Crippen LogP contribution < -0.4 is 20.5 Å². The van der Waals surface area contributed by atoms with E-state index in [0.717, 1.165) is 0 Å². The second kappa shape index (κ2) is 9.93. The van der Waals surface area contributed by atoms with Crippen LogP contribution in [-0.4, -0.2) is 36.7 Å². The number of hydrogen-bond donors (Lipinski definition) is 3. The molecule has 2 aromatic rings. The van der Waals surface area contributed by atoms with Gasteiger partial charge in [-0.1, -0.05) is 6.08 Å². The molecule has 0 aromatic heterocycles. The molecule has 8 heteroatoms. The molecule has 2 amide bonds. The van der Waals surface area contributed by atoms with Crippen LogP contribution >= 0.6 is 0 Å². The highest BCUT2D eigenvalue weighted by Gasteiger charge is 2.10. The van der Waals surface area contributed by atoms with Crippen molar-refractivity contribution in [1.29, 1.82) is 0 Å². The SMILES string of the molecule is C/C=C(\COc1ccc(/C(N)=N/C(=O)O)c(C)c1)NC(=O)c1ccc(OC)cc1. The first-order chi connectivity index (χ1) is 13.8. The maximum Gasteiger partial charge on any atom is 0.433 e. The zero-order valence-corrected chi connectivity index (χ0v) is 16.4. The molecule has 152 valence electrons. The summed E-state index contributed by atoms with van der Waals surface area (Å²) < 4.78 is 10.8. The molecule has 0 fully saturated rings. The summed E-state index contributed by atoms with van der Waals surface area (Å²) in [5.74, 6) is 0.882. The Labute approximate surface area is 168 Å². The first kappa shape index (κ1) is 21.5. The Morgan fingerprint density at radius 1 is 1.17 bits per heavy atom. The van der Waals surface area contributed by atoms with Gasteiger partial charge in [0.1, 0.15) is 23.9 Å². The van der Waals surface area contributed by atoms with Crippen LogP contribution in [0.3, 0.4) is 0 Å². The smallest absolute Gasteiger partial charge is 0.433 e. The lowest BCUT2D eigenvalue weighted by Crippen LogP contribution is -2.26. The van der Waals surface area contributed by atoms with Crippen molar-refractivity contribution in [2.45, 2.75) is 13.8 Å². The minimum atomic E-state index is -1.35. The van der Waals surface area contributed by atoms with Gasteiger partial charge in [0, 0.05) is 11.1 Å². The number of rotatable bonds is 7. The Bertz CT molecular complexity index is 949. The predicted molar refractivity (Wildman–Crippen MR) is 110 cm³/mol. The van der Waals surface area contributed by atoms with Crippen molar-refractivity contribution in [2.24, 2.45) is 10.7 Å². The Morgan fingerprint density at radius 3 is 2.38 bits per heavy atom. The van der Waals surface area contributed by atoms with Gasteiger partial charge >= 0.3 is 6.09 Å². The van der Waals surface area contributed by atoms with E-state index in [2.05, 4.69) is 10.3 Å². The fourth-order valence-corrected chi connectivity index (χ4v) is 2.49. The van der Waals surface area contributed by atoms with Gasteiger partial charge in [0.25, 0.3) is 5.91 Å². The molecule has 0 unspecified atom stereocenters. The van der Waals surface area contributed by atoms with E-state index >= 15 is 0 Å². The molecule has 0 atom stereocenters. The van der Waals surface area contributed by atoms with Crippen molar-refractivity contribution in [1.82, 2.24) is 5.32 Å². The molecule has 0 spiro atoms. The van der Waals surface area contributed by atoms with Gasteiger partial charge in [-0.15, -0.1) is 0 Å². The number of carbonyl (C=O) groups is 2. The van der Waals surface area contributed by atoms with Crippen molar-refractivity contribution < 1.29 is 24.2 Å². The van der Waals surface area contributed by atoms with E-state index in [0.29, 0.717) is 33.9 Å². The molecule has 2 aromatic carbocycles. The third kappa shape index (κ3) is 6.10. The van der Waals surface area contributed by atoms with Gasteiger partial charge in [-0.05, 0) is 61.9 Å². The van der Waals surface area contributed by atoms with Crippen LogP contribution in [0.15, 0.2) is 59.2 Å². The van der Waals surface area contributed by atoms with E-state index in [1.54, 1.807) is 69.5 Å². The number of aryl methyl sites for hydroxylation is 1. The molecule has 29 heavy (non-hydrogen) atoms. The van der Waals surface area contributed by atoms with Crippen LogP contribution in [0.4, 0.5) is 4.79 Å². The van der Waals surface area contributed by atoms with E-state index < -0.39 is 6.09 Å². The van der Waals surface area contributed by atoms with Gasteiger partial charge in [-0.3, -0.25) is 4.79 Å². The Hall–Kier alpha value is -3.81. The van der Waals surface area contributed by atoms with Gasteiger partial charge in [0.15, 0.2) is 0 Å². The number of aliphatic imine (C=N–C) groups is 1. The first-order valence-electron chi connectivity index (χ1n) is 8.75.